The number of ether oxygens (including phenoxy) is 2. The van der Waals surface area contributed by atoms with Crippen LogP contribution in [-0.4, -0.2) is 36.9 Å². The maximum Gasteiger partial charge on any atom is 0.337 e. The number of methoxy groups -OCH3 is 2. The highest BCUT2D eigenvalue weighted by Crippen LogP contribution is 2.26. The van der Waals surface area contributed by atoms with Crippen LogP contribution < -0.4 is 10.2 Å². The first-order valence-corrected chi connectivity index (χ1v) is 10.7. The molecule has 34 heavy (non-hydrogen) atoms. The quantitative estimate of drug-likeness (QED) is 0.257. The SMILES string of the molecule is COC(=O)c1cccc(-n2c(C)cc(/C=N\NC(=O)c3cc4ccccc4cc3OC)c2C)c1. The molecule has 0 spiro atoms. The van der Waals surface area contributed by atoms with Gasteiger partial charge in [-0.15, -0.1) is 0 Å². The van der Waals surface area contributed by atoms with Crippen LogP contribution in [0.2, 0.25) is 0 Å². The Morgan fingerprint density at radius 2 is 1.68 bits per heavy atom. The fraction of sp³-hybridized carbons (Fsp3) is 0.148. The van der Waals surface area contributed by atoms with Crippen LogP contribution in [0, 0.1) is 13.8 Å². The van der Waals surface area contributed by atoms with Gasteiger partial charge in [-0.25, -0.2) is 10.2 Å². The van der Waals surface area contributed by atoms with E-state index in [4.69, 9.17) is 9.47 Å². The highest BCUT2D eigenvalue weighted by Gasteiger charge is 2.14. The maximum absolute atomic E-state index is 12.8. The number of hydrazone groups is 1. The van der Waals surface area contributed by atoms with E-state index in [0.29, 0.717) is 16.9 Å². The van der Waals surface area contributed by atoms with Crippen LogP contribution in [0.4, 0.5) is 0 Å². The van der Waals surface area contributed by atoms with E-state index in [-0.39, 0.29) is 5.91 Å². The number of amides is 1. The molecule has 0 unspecified atom stereocenters. The van der Waals surface area contributed by atoms with Gasteiger partial charge in [-0.2, -0.15) is 5.10 Å². The summed E-state index contributed by atoms with van der Waals surface area (Å²) in [4.78, 5) is 24.7. The van der Waals surface area contributed by atoms with Gasteiger partial charge in [0.25, 0.3) is 5.91 Å². The zero-order valence-corrected chi connectivity index (χ0v) is 19.5. The van der Waals surface area contributed by atoms with Gasteiger partial charge in [0, 0.05) is 22.6 Å². The number of fused-ring (bicyclic) bond motifs is 1. The van der Waals surface area contributed by atoms with Crippen molar-refractivity contribution in [2.75, 3.05) is 14.2 Å². The minimum atomic E-state index is -0.391. The molecule has 0 aliphatic carbocycles. The lowest BCUT2D eigenvalue weighted by Crippen LogP contribution is -2.18. The average Bonchev–Trinajstić information content (AvgIpc) is 3.15. The maximum atomic E-state index is 12.8. The molecule has 0 saturated heterocycles. The van der Waals surface area contributed by atoms with Gasteiger partial charge in [0.1, 0.15) is 5.75 Å². The number of hydrogen-bond acceptors (Lipinski definition) is 5. The normalized spacial score (nSPS) is 11.1. The molecule has 1 amide bonds. The fourth-order valence-electron chi connectivity index (χ4n) is 3.99. The molecule has 0 bridgehead atoms. The van der Waals surface area contributed by atoms with Crippen LogP contribution >= 0.6 is 0 Å². The minimum Gasteiger partial charge on any atom is -0.496 e. The first kappa shape index (κ1) is 22.8. The summed E-state index contributed by atoms with van der Waals surface area (Å²) in [7, 11) is 2.89. The molecule has 7 nitrogen and oxygen atoms in total. The molecule has 7 heteroatoms. The van der Waals surface area contributed by atoms with Gasteiger partial charge >= 0.3 is 5.97 Å². The van der Waals surface area contributed by atoms with Gasteiger partial charge in [0.2, 0.25) is 0 Å². The molecule has 0 saturated carbocycles. The monoisotopic (exact) mass is 455 g/mol. The molecule has 172 valence electrons. The third-order valence-corrected chi connectivity index (χ3v) is 5.68. The van der Waals surface area contributed by atoms with E-state index in [9.17, 15) is 9.59 Å². The number of aromatic nitrogens is 1. The number of carbonyl (C=O) groups excluding carboxylic acids is 2. The Bertz CT molecular complexity index is 1420. The molecule has 0 aliphatic heterocycles. The van der Waals surface area contributed by atoms with Crippen LogP contribution in [0.3, 0.4) is 0 Å². The lowest BCUT2D eigenvalue weighted by atomic mass is 10.1. The summed E-state index contributed by atoms with van der Waals surface area (Å²) in [5, 5.41) is 6.10. The summed E-state index contributed by atoms with van der Waals surface area (Å²) in [5.41, 5.74) is 7.03. The van der Waals surface area contributed by atoms with Crippen LogP contribution in [0.1, 0.15) is 37.7 Å². The second-order valence-corrected chi connectivity index (χ2v) is 7.80. The Morgan fingerprint density at radius 3 is 2.38 bits per heavy atom. The van der Waals surface area contributed by atoms with E-state index in [1.807, 2.05) is 66.9 Å². The summed E-state index contributed by atoms with van der Waals surface area (Å²) in [6.45, 7) is 3.92. The molecule has 0 atom stereocenters. The van der Waals surface area contributed by atoms with E-state index >= 15 is 0 Å². The second-order valence-electron chi connectivity index (χ2n) is 7.80. The molecule has 4 aromatic rings. The third kappa shape index (κ3) is 4.41. The Kier molecular flexibility index (Phi) is 6.45. The highest BCUT2D eigenvalue weighted by atomic mass is 16.5. The fourth-order valence-corrected chi connectivity index (χ4v) is 3.99. The molecule has 1 heterocycles. The first-order valence-electron chi connectivity index (χ1n) is 10.7. The van der Waals surface area contributed by atoms with E-state index in [1.165, 1.54) is 14.2 Å². The van der Waals surface area contributed by atoms with Gasteiger partial charge in [0.15, 0.2) is 0 Å². The van der Waals surface area contributed by atoms with Crippen molar-refractivity contribution in [3.05, 3.63) is 94.8 Å². The number of hydrogen-bond donors (Lipinski definition) is 1. The largest absolute Gasteiger partial charge is 0.496 e. The lowest BCUT2D eigenvalue weighted by Gasteiger charge is -2.11. The van der Waals surface area contributed by atoms with Crippen LogP contribution in [0.15, 0.2) is 71.8 Å². The van der Waals surface area contributed by atoms with Crippen LogP contribution in [-0.2, 0) is 4.74 Å². The van der Waals surface area contributed by atoms with E-state index in [1.54, 1.807) is 24.4 Å². The smallest absolute Gasteiger partial charge is 0.337 e. The van der Waals surface area contributed by atoms with Crippen LogP contribution in [0.5, 0.6) is 5.75 Å². The molecular formula is C27H25N3O4. The minimum absolute atomic E-state index is 0.363. The Hall–Kier alpha value is -4.39. The average molecular weight is 456 g/mol. The van der Waals surface area contributed by atoms with E-state index in [2.05, 4.69) is 10.5 Å². The molecule has 0 radical (unpaired) electrons. The molecule has 0 fully saturated rings. The molecule has 1 aromatic heterocycles. The Balaban J connectivity index is 1.57. The Labute approximate surface area is 197 Å². The summed E-state index contributed by atoms with van der Waals surface area (Å²) >= 11 is 0. The predicted octanol–water partition coefficient (Wildman–Crippen LogP) is 4.81. The Morgan fingerprint density at radius 1 is 0.941 bits per heavy atom. The zero-order valence-electron chi connectivity index (χ0n) is 19.5. The first-order chi connectivity index (χ1) is 16.4. The van der Waals surface area contributed by atoms with Crippen molar-refractivity contribution in [1.29, 1.82) is 0 Å². The van der Waals surface area contributed by atoms with Crippen molar-refractivity contribution in [3.8, 4) is 11.4 Å². The number of rotatable bonds is 6. The number of benzene rings is 3. The number of nitrogens with zero attached hydrogens (tertiary/aromatic N) is 2. The second kappa shape index (κ2) is 9.62. The van der Waals surface area contributed by atoms with E-state index in [0.717, 1.165) is 33.4 Å². The molecular weight excluding hydrogens is 430 g/mol. The standard InChI is InChI=1S/C27H25N3O4/c1-17-12-22(18(2)30(17)23-11-7-10-21(13-23)27(32)34-4)16-28-29-26(31)24-14-19-8-5-6-9-20(19)15-25(24)33-3/h5-16H,1-4H3,(H,29,31)/b28-16-. The summed E-state index contributed by atoms with van der Waals surface area (Å²) in [6, 6.07) is 20.6. The number of esters is 1. The van der Waals surface area contributed by atoms with Crippen molar-refractivity contribution in [1.82, 2.24) is 9.99 Å². The molecule has 4 rings (SSSR count). The van der Waals surface area contributed by atoms with Crippen LogP contribution in [0.25, 0.3) is 16.5 Å². The van der Waals surface area contributed by atoms with Crippen molar-refractivity contribution in [2.45, 2.75) is 13.8 Å². The summed E-state index contributed by atoms with van der Waals surface area (Å²) < 4.78 is 12.3. The van der Waals surface area contributed by atoms with Crippen molar-refractivity contribution < 1.29 is 19.1 Å². The number of carbonyl (C=O) groups is 2. The van der Waals surface area contributed by atoms with Crippen molar-refractivity contribution in [2.24, 2.45) is 5.10 Å². The molecule has 1 N–H and O–H groups in total. The van der Waals surface area contributed by atoms with Gasteiger partial charge < -0.3 is 14.0 Å². The van der Waals surface area contributed by atoms with Gasteiger partial charge in [-0.05, 0) is 61.0 Å². The number of aryl methyl sites for hydroxylation is 1. The van der Waals surface area contributed by atoms with E-state index < -0.39 is 5.97 Å². The molecule has 3 aromatic carbocycles. The zero-order chi connectivity index (χ0) is 24.2. The van der Waals surface area contributed by atoms with Crippen molar-refractivity contribution >= 4 is 28.9 Å². The summed E-state index contributed by atoms with van der Waals surface area (Å²) in [6.07, 6.45) is 1.61. The van der Waals surface area contributed by atoms with Crippen molar-refractivity contribution in [3.63, 3.8) is 0 Å². The van der Waals surface area contributed by atoms with Gasteiger partial charge in [0.05, 0.1) is 31.6 Å². The van der Waals surface area contributed by atoms with Gasteiger partial charge in [-0.3, -0.25) is 4.79 Å². The third-order valence-electron chi connectivity index (χ3n) is 5.68. The van der Waals surface area contributed by atoms with Gasteiger partial charge in [-0.1, -0.05) is 30.3 Å². The summed E-state index contributed by atoms with van der Waals surface area (Å²) in [5.74, 6) is -0.272. The highest BCUT2D eigenvalue weighted by molar-refractivity contribution is 6.02. The molecule has 0 aliphatic rings. The topological polar surface area (TPSA) is 81.9 Å². The predicted molar refractivity (Wildman–Crippen MR) is 132 cm³/mol. The lowest BCUT2D eigenvalue weighted by molar-refractivity contribution is 0.0600. The number of nitrogens with one attached hydrogen (secondary N) is 1.